The molecule has 2 aromatic rings. The second kappa shape index (κ2) is 6.50. The largest absolute Gasteiger partial charge is 0.369 e. The van der Waals surface area contributed by atoms with Crippen LogP contribution in [0.5, 0.6) is 0 Å². The first-order valence-electron chi connectivity index (χ1n) is 7.97. The van der Waals surface area contributed by atoms with Crippen LogP contribution >= 0.6 is 0 Å². The number of nitrogens with zero attached hydrogens (tertiary/aromatic N) is 2. The van der Waals surface area contributed by atoms with Crippen LogP contribution in [0.4, 0.5) is 0 Å². The summed E-state index contributed by atoms with van der Waals surface area (Å²) in [6.45, 7) is 6.53. The van der Waals surface area contributed by atoms with Crippen molar-refractivity contribution in [1.29, 1.82) is 0 Å². The van der Waals surface area contributed by atoms with E-state index in [4.69, 9.17) is 4.74 Å². The number of aryl methyl sites for hydroxylation is 1. The molecule has 1 amide bonds. The van der Waals surface area contributed by atoms with E-state index in [9.17, 15) is 4.79 Å². The second-order valence-electron chi connectivity index (χ2n) is 6.01. The van der Waals surface area contributed by atoms with Crippen LogP contribution in [-0.4, -0.2) is 33.7 Å². The molecule has 0 aliphatic carbocycles. The summed E-state index contributed by atoms with van der Waals surface area (Å²) in [5, 5.41) is 10.1. The number of carbonyl (C=O) groups is 1. The third-order valence-corrected chi connectivity index (χ3v) is 4.25. The normalized spacial score (nSPS) is 20.1. The SMILES string of the molecule is Cc1ncccc1CCNC(=O)c1n[nH]c2c1C[C@@H](C)O[C@H]2C. The molecular weight excluding hydrogens is 292 g/mol. The van der Waals surface area contributed by atoms with Crippen molar-refractivity contribution in [3.63, 3.8) is 0 Å². The molecule has 0 aromatic carbocycles. The summed E-state index contributed by atoms with van der Waals surface area (Å²) in [4.78, 5) is 16.7. The Labute approximate surface area is 135 Å². The highest BCUT2D eigenvalue weighted by molar-refractivity contribution is 5.94. The van der Waals surface area contributed by atoms with Gasteiger partial charge in [-0.2, -0.15) is 5.10 Å². The molecule has 2 aromatic heterocycles. The highest BCUT2D eigenvalue weighted by Gasteiger charge is 2.29. The quantitative estimate of drug-likeness (QED) is 0.906. The summed E-state index contributed by atoms with van der Waals surface area (Å²) in [5.74, 6) is -0.134. The van der Waals surface area contributed by atoms with Crippen molar-refractivity contribution in [1.82, 2.24) is 20.5 Å². The topological polar surface area (TPSA) is 79.9 Å². The number of H-pyrrole nitrogens is 1. The lowest BCUT2D eigenvalue weighted by molar-refractivity contribution is -0.00697. The number of fused-ring (bicyclic) bond motifs is 1. The highest BCUT2D eigenvalue weighted by atomic mass is 16.5. The molecule has 1 aliphatic heterocycles. The fraction of sp³-hybridized carbons (Fsp3) is 0.471. The van der Waals surface area contributed by atoms with Gasteiger partial charge in [0.2, 0.25) is 0 Å². The number of amides is 1. The fourth-order valence-electron chi connectivity index (χ4n) is 3.04. The minimum absolute atomic E-state index is 0.0548. The molecule has 2 atom stereocenters. The summed E-state index contributed by atoms with van der Waals surface area (Å²) in [7, 11) is 0. The number of aromatic amines is 1. The fourth-order valence-corrected chi connectivity index (χ4v) is 3.04. The number of ether oxygens (including phenoxy) is 1. The van der Waals surface area contributed by atoms with Crippen molar-refractivity contribution < 1.29 is 9.53 Å². The molecular formula is C17H22N4O2. The van der Waals surface area contributed by atoms with Gasteiger partial charge in [0.25, 0.3) is 5.91 Å². The van der Waals surface area contributed by atoms with E-state index in [2.05, 4.69) is 20.5 Å². The van der Waals surface area contributed by atoms with Crippen molar-refractivity contribution in [3.8, 4) is 0 Å². The summed E-state index contributed by atoms with van der Waals surface area (Å²) >= 11 is 0. The van der Waals surface area contributed by atoms with Gasteiger partial charge in [0.15, 0.2) is 5.69 Å². The van der Waals surface area contributed by atoms with Gasteiger partial charge in [0.1, 0.15) is 0 Å². The summed E-state index contributed by atoms with van der Waals surface area (Å²) in [6, 6.07) is 3.95. The average Bonchev–Trinajstić information content (AvgIpc) is 2.93. The van der Waals surface area contributed by atoms with Gasteiger partial charge in [0, 0.05) is 30.4 Å². The number of carbonyl (C=O) groups excluding carboxylic acids is 1. The van der Waals surface area contributed by atoms with E-state index >= 15 is 0 Å². The van der Waals surface area contributed by atoms with Gasteiger partial charge >= 0.3 is 0 Å². The van der Waals surface area contributed by atoms with Crippen LogP contribution in [0.25, 0.3) is 0 Å². The van der Waals surface area contributed by atoms with Crippen LogP contribution in [0.1, 0.15) is 53.0 Å². The number of aromatic nitrogens is 3. The molecule has 3 heterocycles. The number of rotatable bonds is 4. The monoisotopic (exact) mass is 314 g/mol. The van der Waals surface area contributed by atoms with Gasteiger partial charge in [-0.25, -0.2) is 0 Å². The number of nitrogens with one attached hydrogen (secondary N) is 2. The summed E-state index contributed by atoms with van der Waals surface area (Å²) < 4.78 is 5.75. The average molecular weight is 314 g/mol. The Morgan fingerprint density at radius 2 is 2.30 bits per heavy atom. The van der Waals surface area contributed by atoms with Gasteiger partial charge in [-0.15, -0.1) is 0 Å². The highest BCUT2D eigenvalue weighted by Crippen LogP contribution is 2.29. The Morgan fingerprint density at radius 3 is 3.09 bits per heavy atom. The van der Waals surface area contributed by atoms with Crippen molar-refractivity contribution >= 4 is 5.91 Å². The first kappa shape index (κ1) is 15.7. The van der Waals surface area contributed by atoms with Crippen LogP contribution in [0.15, 0.2) is 18.3 Å². The molecule has 3 rings (SSSR count). The van der Waals surface area contributed by atoms with E-state index in [1.54, 1.807) is 6.20 Å². The smallest absolute Gasteiger partial charge is 0.272 e. The van der Waals surface area contributed by atoms with Gasteiger partial charge in [-0.1, -0.05) is 6.07 Å². The van der Waals surface area contributed by atoms with Gasteiger partial charge < -0.3 is 10.1 Å². The molecule has 0 saturated carbocycles. The third kappa shape index (κ3) is 3.27. The number of pyridine rings is 1. The van der Waals surface area contributed by atoms with E-state index < -0.39 is 0 Å². The predicted molar refractivity (Wildman–Crippen MR) is 86.3 cm³/mol. The molecule has 0 unspecified atom stereocenters. The van der Waals surface area contributed by atoms with E-state index in [0.717, 1.165) is 28.9 Å². The van der Waals surface area contributed by atoms with E-state index in [1.807, 2.05) is 32.9 Å². The molecule has 0 spiro atoms. The lowest BCUT2D eigenvalue weighted by Gasteiger charge is -2.25. The first-order chi connectivity index (χ1) is 11.1. The predicted octanol–water partition coefficient (Wildman–Crippen LogP) is 2.11. The number of hydrogen-bond donors (Lipinski definition) is 2. The van der Waals surface area contributed by atoms with Gasteiger partial charge in [-0.3, -0.25) is 14.9 Å². The van der Waals surface area contributed by atoms with Gasteiger partial charge in [0.05, 0.1) is 17.9 Å². The zero-order chi connectivity index (χ0) is 16.4. The van der Waals surface area contributed by atoms with Gasteiger partial charge in [-0.05, 0) is 38.8 Å². The molecule has 0 saturated heterocycles. The molecule has 6 heteroatoms. The lowest BCUT2D eigenvalue weighted by Crippen LogP contribution is -2.29. The minimum atomic E-state index is -0.134. The zero-order valence-corrected chi connectivity index (χ0v) is 13.7. The molecule has 122 valence electrons. The molecule has 1 aliphatic rings. The minimum Gasteiger partial charge on any atom is -0.369 e. The van der Waals surface area contributed by atoms with Crippen molar-refractivity contribution in [2.75, 3.05) is 6.54 Å². The maximum Gasteiger partial charge on any atom is 0.272 e. The Morgan fingerprint density at radius 1 is 1.48 bits per heavy atom. The molecule has 2 N–H and O–H groups in total. The second-order valence-corrected chi connectivity index (χ2v) is 6.01. The van der Waals surface area contributed by atoms with Crippen LogP contribution in [-0.2, 0) is 17.6 Å². The molecule has 6 nitrogen and oxygen atoms in total. The molecule has 0 bridgehead atoms. The first-order valence-corrected chi connectivity index (χ1v) is 7.97. The Balaban J connectivity index is 1.65. The van der Waals surface area contributed by atoms with Crippen LogP contribution in [0.3, 0.4) is 0 Å². The third-order valence-electron chi connectivity index (χ3n) is 4.25. The Bertz CT molecular complexity index is 710. The Hall–Kier alpha value is -2.21. The zero-order valence-electron chi connectivity index (χ0n) is 13.7. The maximum absolute atomic E-state index is 12.4. The van der Waals surface area contributed by atoms with E-state index in [0.29, 0.717) is 18.7 Å². The summed E-state index contributed by atoms with van der Waals surface area (Å²) in [6.07, 6.45) is 3.28. The van der Waals surface area contributed by atoms with E-state index in [-0.39, 0.29) is 18.1 Å². The van der Waals surface area contributed by atoms with Crippen LogP contribution in [0, 0.1) is 6.92 Å². The van der Waals surface area contributed by atoms with Crippen LogP contribution in [0.2, 0.25) is 0 Å². The maximum atomic E-state index is 12.4. The van der Waals surface area contributed by atoms with Crippen molar-refractivity contribution in [2.24, 2.45) is 0 Å². The standard InChI is InChI=1S/C17H22N4O2/c1-10-9-14-15(12(3)23-10)20-21-16(14)17(22)19-8-6-13-5-4-7-18-11(13)2/h4-5,7,10,12H,6,8-9H2,1-3H3,(H,19,22)(H,20,21)/t10-,12+/m1/s1. The molecule has 23 heavy (non-hydrogen) atoms. The van der Waals surface area contributed by atoms with Crippen LogP contribution < -0.4 is 5.32 Å². The Kier molecular flexibility index (Phi) is 4.43. The van der Waals surface area contributed by atoms with E-state index in [1.165, 1.54) is 0 Å². The van der Waals surface area contributed by atoms with Crippen molar-refractivity contribution in [3.05, 3.63) is 46.5 Å². The molecule has 0 fully saturated rings. The summed E-state index contributed by atoms with van der Waals surface area (Å²) in [5.41, 5.74) is 4.53. The molecule has 0 radical (unpaired) electrons. The van der Waals surface area contributed by atoms with Crippen molar-refractivity contribution in [2.45, 2.75) is 45.8 Å². The number of hydrogen-bond acceptors (Lipinski definition) is 4. The lowest BCUT2D eigenvalue weighted by atomic mass is 9.99.